The first-order chi connectivity index (χ1) is 7.63. The molecule has 0 bridgehead atoms. The molecule has 4 nitrogen and oxygen atoms in total. The van der Waals surface area contributed by atoms with Gasteiger partial charge in [-0.15, -0.1) is 0 Å². The predicted molar refractivity (Wildman–Crippen MR) is 59.6 cm³/mol. The van der Waals surface area contributed by atoms with E-state index in [1.54, 1.807) is 0 Å². The van der Waals surface area contributed by atoms with E-state index in [-0.39, 0.29) is 6.61 Å². The highest BCUT2D eigenvalue weighted by Gasteiger charge is 2.01. The van der Waals surface area contributed by atoms with Crippen LogP contribution in [0.15, 0.2) is 33.6 Å². The van der Waals surface area contributed by atoms with Crippen LogP contribution in [-0.4, -0.2) is 4.98 Å². The van der Waals surface area contributed by atoms with Gasteiger partial charge in [0.2, 0.25) is 0 Å². The Bertz CT molecular complexity index is 519. The van der Waals surface area contributed by atoms with E-state index < -0.39 is 5.76 Å². The van der Waals surface area contributed by atoms with E-state index in [4.69, 9.17) is 9.15 Å². The molecule has 0 aliphatic heterocycles. The topological polar surface area (TPSA) is 55.2 Å². The van der Waals surface area contributed by atoms with Gasteiger partial charge in [0.25, 0.3) is 0 Å². The molecule has 84 valence electrons. The summed E-state index contributed by atoms with van der Waals surface area (Å²) in [5.74, 6) is 0.810. The third-order valence-corrected chi connectivity index (χ3v) is 2.15. The summed E-state index contributed by atoms with van der Waals surface area (Å²) in [6.07, 6.45) is 1.50. The number of hydrogen-bond acceptors (Lipinski definition) is 3. The number of hydrogen-bond donors (Lipinski definition) is 1. The van der Waals surface area contributed by atoms with Gasteiger partial charge in [-0.1, -0.05) is 6.07 Å². The van der Waals surface area contributed by atoms with Crippen LogP contribution in [0.25, 0.3) is 0 Å². The van der Waals surface area contributed by atoms with Crippen LogP contribution in [0.5, 0.6) is 5.75 Å². The lowest BCUT2D eigenvalue weighted by atomic mass is 10.1. The zero-order valence-corrected chi connectivity index (χ0v) is 9.24. The van der Waals surface area contributed by atoms with Crippen molar-refractivity contribution in [2.75, 3.05) is 0 Å². The maximum absolute atomic E-state index is 10.7. The van der Waals surface area contributed by atoms with Crippen molar-refractivity contribution in [2.45, 2.75) is 20.5 Å². The molecule has 0 saturated carbocycles. The molecule has 0 unspecified atom stereocenters. The van der Waals surface area contributed by atoms with Gasteiger partial charge in [0.1, 0.15) is 12.4 Å². The zero-order chi connectivity index (χ0) is 11.5. The molecule has 0 amide bonds. The molecule has 2 rings (SSSR count). The summed E-state index contributed by atoms with van der Waals surface area (Å²) in [7, 11) is 0. The molecule has 1 heterocycles. The molecule has 0 spiro atoms. The Morgan fingerprint density at radius 3 is 2.50 bits per heavy atom. The molecule has 0 atom stereocenters. The van der Waals surface area contributed by atoms with E-state index in [1.807, 2.05) is 26.0 Å². The first-order valence-electron chi connectivity index (χ1n) is 5.02. The first-order valence-corrected chi connectivity index (χ1v) is 5.02. The average molecular weight is 219 g/mol. The van der Waals surface area contributed by atoms with Crippen molar-refractivity contribution in [1.29, 1.82) is 0 Å². The average Bonchev–Trinajstić information content (AvgIpc) is 2.60. The number of benzene rings is 1. The van der Waals surface area contributed by atoms with Gasteiger partial charge in [0.15, 0.2) is 5.76 Å². The lowest BCUT2D eigenvalue weighted by molar-refractivity contribution is 0.266. The van der Waals surface area contributed by atoms with Gasteiger partial charge in [-0.2, -0.15) is 0 Å². The second-order valence-electron chi connectivity index (χ2n) is 3.76. The zero-order valence-electron chi connectivity index (χ0n) is 9.24. The van der Waals surface area contributed by atoms with Gasteiger partial charge >= 0.3 is 5.76 Å². The van der Waals surface area contributed by atoms with Crippen LogP contribution in [0.4, 0.5) is 0 Å². The van der Waals surface area contributed by atoms with Gasteiger partial charge in [-0.25, -0.2) is 4.79 Å². The fourth-order valence-corrected chi connectivity index (χ4v) is 1.56. The third kappa shape index (κ3) is 2.53. The second kappa shape index (κ2) is 4.26. The highest BCUT2D eigenvalue weighted by atomic mass is 16.5. The summed E-state index contributed by atoms with van der Waals surface area (Å²) in [6.45, 7) is 4.27. The number of H-pyrrole nitrogens is 1. The summed E-state index contributed by atoms with van der Waals surface area (Å²) in [5.41, 5.74) is 2.29. The Morgan fingerprint density at radius 1 is 1.25 bits per heavy atom. The van der Waals surface area contributed by atoms with Crippen molar-refractivity contribution in [3.05, 3.63) is 51.8 Å². The monoisotopic (exact) mass is 219 g/mol. The van der Waals surface area contributed by atoms with Crippen LogP contribution < -0.4 is 10.5 Å². The molecule has 0 fully saturated rings. The molecule has 0 radical (unpaired) electrons. The van der Waals surface area contributed by atoms with Gasteiger partial charge < -0.3 is 9.15 Å². The summed E-state index contributed by atoms with van der Waals surface area (Å²) < 4.78 is 10.3. The maximum Gasteiger partial charge on any atom is 0.416 e. The van der Waals surface area contributed by atoms with E-state index in [9.17, 15) is 4.79 Å². The highest BCUT2D eigenvalue weighted by molar-refractivity contribution is 5.33. The molecular weight excluding hydrogens is 206 g/mol. The van der Waals surface area contributed by atoms with Gasteiger partial charge in [-0.3, -0.25) is 4.98 Å². The molecule has 0 saturated heterocycles. The molecule has 1 N–H and O–H groups in total. The van der Waals surface area contributed by atoms with Crippen LogP contribution in [0.1, 0.15) is 16.9 Å². The molecule has 1 aromatic carbocycles. The highest BCUT2D eigenvalue weighted by Crippen LogP contribution is 2.17. The van der Waals surface area contributed by atoms with Crippen molar-refractivity contribution in [2.24, 2.45) is 0 Å². The number of ether oxygens (including phenoxy) is 1. The Morgan fingerprint density at radius 2 is 1.94 bits per heavy atom. The minimum atomic E-state index is -0.459. The molecule has 16 heavy (non-hydrogen) atoms. The summed E-state index contributed by atoms with van der Waals surface area (Å²) in [5, 5.41) is 0. The van der Waals surface area contributed by atoms with Crippen LogP contribution in [-0.2, 0) is 6.61 Å². The third-order valence-electron chi connectivity index (χ3n) is 2.15. The largest absolute Gasteiger partial charge is 0.486 e. The molecule has 0 aliphatic rings. The van der Waals surface area contributed by atoms with Crippen LogP contribution in [0.3, 0.4) is 0 Å². The standard InChI is InChI=1S/C12H13NO3/c1-8-3-9(2)5-10(4-8)15-7-11-6-13-12(14)16-11/h3-6H,7H2,1-2H3,(H,13,14). The number of rotatable bonds is 3. The smallest absolute Gasteiger partial charge is 0.416 e. The Hall–Kier alpha value is -1.97. The number of aryl methyl sites for hydroxylation is 2. The van der Waals surface area contributed by atoms with Crippen molar-refractivity contribution in [3.8, 4) is 5.75 Å². The van der Waals surface area contributed by atoms with Gasteiger partial charge in [0, 0.05) is 6.20 Å². The lowest BCUT2D eigenvalue weighted by Crippen LogP contribution is -1.96. The quantitative estimate of drug-likeness (QED) is 0.860. The first kappa shape index (κ1) is 10.5. The van der Waals surface area contributed by atoms with Crippen molar-refractivity contribution < 1.29 is 9.15 Å². The van der Waals surface area contributed by atoms with Crippen LogP contribution in [0.2, 0.25) is 0 Å². The molecule has 2 aromatic rings. The molecule has 4 heteroatoms. The van der Waals surface area contributed by atoms with E-state index in [0.717, 1.165) is 16.9 Å². The predicted octanol–water partition coefficient (Wildman–Crippen LogP) is 2.16. The minimum Gasteiger partial charge on any atom is -0.486 e. The summed E-state index contributed by atoms with van der Waals surface area (Å²) in [6, 6.07) is 5.96. The van der Waals surface area contributed by atoms with Crippen LogP contribution in [0, 0.1) is 13.8 Å². The fourth-order valence-electron chi connectivity index (χ4n) is 1.56. The van der Waals surface area contributed by atoms with E-state index >= 15 is 0 Å². The Labute approximate surface area is 92.9 Å². The van der Waals surface area contributed by atoms with Crippen molar-refractivity contribution >= 4 is 0 Å². The number of oxazole rings is 1. The SMILES string of the molecule is Cc1cc(C)cc(OCc2c[nH]c(=O)o2)c1. The van der Waals surface area contributed by atoms with Crippen molar-refractivity contribution in [3.63, 3.8) is 0 Å². The Balaban J connectivity index is 2.07. The lowest BCUT2D eigenvalue weighted by Gasteiger charge is -2.06. The maximum atomic E-state index is 10.7. The number of aromatic amines is 1. The van der Waals surface area contributed by atoms with Gasteiger partial charge in [0.05, 0.1) is 0 Å². The Kier molecular flexibility index (Phi) is 2.81. The molecule has 0 aliphatic carbocycles. The number of aromatic nitrogens is 1. The van der Waals surface area contributed by atoms with Crippen LogP contribution >= 0.6 is 0 Å². The minimum absolute atomic E-state index is 0.252. The van der Waals surface area contributed by atoms with Crippen molar-refractivity contribution in [1.82, 2.24) is 4.98 Å². The normalized spacial score (nSPS) is 10.4. The van der Waals surface area contributed by atoms with E-state index in [0.29, 0.717) is 5.76 Å². The summed E-state index contributed by atoms with van der Waals surface area (Å²) in [4.78, 5) is 13.2. The van der Waals surface area contributed by atoms with E-state index in [2.05, 4.69) is 11.1 Å². The van der Waals surface area contributed by atoms with Gasteiger partial charge in [-0.05, 0) is 37.1 Å². The second-order valence-corrected chi connectivity index (χ2v) is 3.76. The van der Waals surface area contributed by atoms with E-state index in [1.165, 1.54) is 6.20 Å². The molecule has 1 aromatic heterocycles. The number of nitrogens with one attached hydrogen (secondary N) is 1. The molecular formula is C12H13NO3. The summed E-state index contributed by atoms with van der Waals surface area (Å²) >= 11 is 0. The fraction of sp³-hybridized carbons (Fsp3) is 0.250.